The van der Waals surface area contributed by atoms with E-state index in [2.05, 4.69) is 20.5 Å². The summed E-state index contributed by atoms with van der Waals surface area (Å²) < 4.78 is 3.74. The smallest absolute Gasteiger partial charge is 0.247 e. The molecule has 4 rings (SSSR count). The van der Waals surface area contributed by atoms with Crippen LogP contribution in [0.25, 0.3) is 5.65 Å². The predicted octanol–water partition coefficient (Wildman–Crippen LogP) is 2.72. The molecule has 0 bridgehead atoms. The van der Waals surface area contributed by atoms with E-state index in [-0.39, 0.29) is 11.9 Å². The third kappa shape index (κ3) is 3.19. The Bertz CT molecular complexity index is 1020. The Labute approximate surface area is 150 Å². The van der Waals surface area contributed by atoms with E-state index in [1.54, 1.807) is 23.3 Å². The van der Waals surface area contributed by atoms with E-state index in [4.69, 9.17) is 0 Å². The lowest BCUT2D eigenvalue weighted by molar-refractivity contribution is -0.118. The summed E-state index contributed by atoms with van der Waals surface area (Å²) in [4.78, 5) is 16.3. The Hall–Kier alpha value is -3.48. The summed E-state index contributed by atoms with van der Waals surface area (Å²) in [5.41, 5.74) is 2.69. The zero-order chi connectivity index (χ0) is 17.9. The fourth-order valence-corrected chi connectivity index (χ4v) is 2.78. The SMILES string of the molecule is C[C@@H](C(=O)Nc1ccc(Cc2nnc3ccccn23)cc1)n1ccnc1. The van der Waals surface area contributed by atoms with E-state index < -0.39 is 0 Å². The first kappa shape index (κ1) is 16.0. The van der Waals surface area contributed by atoms with Crippen molar-refractivity contribution in [3.8, 4) is 0 Å². The summed E-state index contributed by atoms with van der Waals surface area (Å²) in [6.45, 7) is 1.84. The van der Waals surface area contributed by atoms with Crippen molar-refractivity contribution in [3.63, 3.8) is 0 Å². The molecule has 3 heterocycles. The number of anilines is 1. The molecule has 7 nitrogen and oxygen atoms in total. The summed E-state index contributed by atoms with van der Waals surface area (Å²) in [5.74, 6) is 0.797. The van der Waals surface area contributed by atoms with Gasteiger partial charge in [0, 0.05) is 30.7 Å². The second kappa shape index (κ2) is 6.79. The van der Waals surface area contributed by atoms with Crippen LogP contribution in [-0.4, -0.2) is 30.1 Å². The van der Waals surface area contributed by atoms with Crippen LogP contribution >= 0.6 is 0 Å². The van der Waals surface area contributed by atoms with Crippen molar-refractivity contribution in [2.24, 2.45) is 0 Å². The molecule has 1 N–H and O–H groups in total. The first-order chi connectivity index (χ1) is 12.7. The quantitative estimate of drug-likeness (QED) is 0.603. The zero-order valence-corrected chi connectivity index (χ0v) is 14.3. The number of pyridine rings is 1. The van der Waals surface area contributed by atoms with Crippen LogP contribution in [-0.2, 0) is 11.2 Å². The number of carbonyl (C=O) groups is 1. The number of nitrogens with one attached hydrogen (secondary N) is 1. The number of nitrogens with zero attached hydrogens (tertiary/aromatic N) is 5. The fraction of sp³-hybridized carbons (Fsp3) is 0.158. The average molecular weight is 346 g/mol. The Morgan fingerprint density at radius 3 is 2.73 bits per heavy atom. The minimum atomic E-state index is -0.320. The number of carbonyl (C=O) groups excluding carboxylic acids is 1. The van der Waals surface area contributed by atoms with Crippen LogP contribution in [0.5, 0.6) is 0 Å². The van der Waals surface area contributed by atoms with E-state index in [1.165, 1.54) is 0 Å². The van der Waals surface area contributed by atoms with E-state index >= 15 is 0 Å². The third-order valence-corrected chi connectivity index (χ3v) is 4.32. The minimum absolute atomic E-state index is 0.0841. The highest BCUT2D eigenvalue weighted by atomic mass is 16.2. The molecule has 3 aromatic heterocycles. The fourth-order valence-electron chi connectivity index (χ4n) is 2.78. The van der Waals surface area contributed by atoms with Crippen molar-refractivity contribution in [2.45, 2.75) is 19.4 Å². The van der Waals surface area contributed by atoms with Crippen molar-refractivity contribution in [3.05, 3.63) is 78.8 Å². The van der Waals surface area contributed by atoms with Crippen LogP contribution in [0.1, 0.15) is 24.4 Å². The highest BCUT2D eigenvalue weighted by molar-refractivity contribution is 5.93. The van der Waals surface area contributed by atoms with Crippen LogP contribution in [0.3, 0.4) is 0 Å². The number of imidazole rings is 1. The molecule has 1 atom stereocenters. The van der Waals surface area contributed by atoms with E-state index in [0.717, 1.165) is 22.7 Å². The summed E-state index contributed by atoms with van der Waals surface area (Å²) in [6.07, 6.45) is 7.70. The van der Waals surface area contributed by atoms with Crippen molar-refractivity contribution in [1.29, 1.82) is 0 Å². The molecule has 7 heteroatoms. The molecule has 0 saturated heterocycles. The van der Waals surface area contributed by atoms with Gasteiger partial charge in [0.05, 0.1) is 6.33 Å². The molecule has 0 saturated carbocycles. The first-order valence-corrected chi connectivity index (χ1v) is 8.36. The minimum Gasteiger partial charge on any atom is -0.325 e. The van der Waals surface area contributed by atoms with Gasteiger partial charge in [0.2, 0.25) is 5.91 Å². The maximum atomic E-state index is 12.3. The summed E-state index contributed by atoms with van der Waals surface area (Å²) in [6, 6.07) is 13.3. The topological polar surface area (TPSA) is 77.1 Å². The van der Waals surface area contributed by atoms with Gasteiger partial charge in [-0.25, -0.2) is 4.98 Å². The highest BCUT2D eigenvalue weighted by Crippen LogP contribution is 2.15. The molecular formula is C19H18N6O. The van der Waals surface area contributed by atoms with E-state index in [0.29, 0.717) is 6.42 Å². The average Bonchev–Trinajstić information content (AvgIpc) is 3.33. The van der Waals surface area contributed by atoms with Crippen LogP contribution < -0.4 is 5.32 Å². The number of fused-ring (bicyclic) bond motifs is 1. The molecule has 0 aliphatic rings. The summed E-state index contributed by atoms with van der Waals surface area (Å²) >= 11 is 0. The molecule has 130 valence electrons. The normalized spacial score (nSPS) is 12.2. The Morgan fingerprint density at radius 2 is 1.96 bits per heavy atom. The first-order valence-electron chi connectivity index (χ1n) is 8.36. The van der Waals surface area contributed by atoms with Crippen molar-refractivity contribution < 1.29 is 4.79 Å². The van der Waals surface area contributed by atoms with Gasteiger partial charge in [-0.2, -0.15) is 0 Å². The second-order valence-corrected chi connectivity index (χ2v) is 6.09. The molecular weight excluding hydrogens is 328 g/mol. The number of rotatable bonds is 5. The molecule has 1 amide bonds. The highest BCUT2D eigenvalue weighted by Gasteiger charge is 2.14. The van der Waals surface area contributed by atoms with Gasteiger partial charge in [-0.3, -0.25) is 9.20 Å². The molecule has 0 aliphatic carbocycles. The molecule has 4 aromatic rings. The largest absolute Gasteiger partial charge is 0.325 e. The van der Waals surface area contributed by atoms with E-state index in [1.807, 2.05) is 60.0 Å². The number of hydrogen-bond acceptors (Lipinski definition) is 4. The maximum Gasteiger partial charge on any atom is 0.247 e. The third-order valence-electron chi connectivity index (χ3n) is 4.32. The lowest BCUT2D eigenvalue weighted by atomic mass is 10.1. The van der Waals surface area contributed by atoms with Crippen LogP contribution in [0.15, 0.2) is 67.4 Å². The van der Waals surface area contributed by atoms with Crippen molar-refractivity contribution in [2.75, 3.05) is 5.32 Å². The van der Waals surface area contributed by atoms with Crippen LogP contribution in [0.4, 0.5) is 5.69 Å². The summed E-state index contributed by atoms with van der Waals surface area (Å²) in [7, 11) is 0. The number of amides is 1. The molecule has 0 unspecified atom stereocenters. The van der Waals surface area contributed by atoms with Gasteiger partial charge in [-0.15, -0.1) is 10.2 Å². The Kier molecular flexibility index (Phi) is 4.18. The van der Waals surface area contributed by atoms with Gasteiger partial charge < -0.3 is 9.88 Å². The van der Waals surface area contributed by atoms with Gasteiger partial charge in [0.25, 0.3) is 0 Å². The van der Waals surface area contributed by atoms with Gasteiger partial charge in [-0.05, 0) is 36.8 Å². The monoisotopic (exact) mass is 346 g/mol. The van der Waals surface area contributed by atoms with Crippen LogP contribution in [0.2, 0.25) is 0 Å². The maximum absolute atomic E-state index is 12.3. The molecule has 0 aliphatic heterocycles. The van der Waals surface area contributed by atoms with Crippen molar-refractivity contribution >= 4 is 17.2 Å². The molecule has 1 aromatic carbocycles. The van der Waals surface area contributed by atoms with E-state index in [9.17, 15) is 4.79 Å². The number of hydrogen-bond donors (Lipinski definition) is 1. The van der Waals surface area contributed by atoms with Gasteiger partial charge >= 0.3 is 0 Å². The molecule has 26 heavy (non-hydrogen) atoms. The van der Waals surface area contributed by atoms with Gasteiger partial charge in [-0.1, -0.05) is 18.2 Å². The number of benzene rings is 1. The van der Waals surface area contributed by atoms with Gasteiger partial charge in [0.15, 0.2) is 5.65 Å². The number of aromatic nitrogens is 5. The molecule has 0 radical (unpaired) electrons. The molecule has 0 spiro atoms. The Morgan fingerprint density at radius 1 is 1.12 bits per heavy atom. The predicted molar refractivity (Wildman–Crippen MR) is 97.8 cm³/mol. The lowest BCUT2D eigenvalue weighted by Gasteiger charge is -2.13. The van der Waals surface area contributed by atoms with Crippen LogP contribution in [0, 0.1) is 0 Å². The van der Waals surface area contributed by atoms with Gasteiger partial charge in [0.1, 0.15) is 11.9 Å². The second-order valence-electron chi connectivity index (χ2n) is 6.09. The van der Waals surface area contributed by atoms with Crippen molar-refractivity contribution in [1.82, 2.24) is 24.1 Å². The summed E-state index contributed by atoms with van der Waals surface area (Å²) in [5, 5.41) is 11.3. The zero-order valence-electron chi connectivity index (χ0n) is 14.3. The Balaban J connectivity index is 1.44. The lowest BCUT2D eigenvalue weighted by Crippen LogP contribution is -2.22. The molecule has 0 fully saturated rings. The standard InChI is InChI=1S/C19H18N6O/c1-14(24-11-9-20-13-24)19(26)21-16-7-5-15(6-8-16)12-18-23-22-17-4-2-3-10-25(17)18/h2-11,13-14H,12H2,1H3,(H,21,26)/t14-/m0/s1.